The third kappa shape index (κ3) is 8.49. The molecule has 4 aromatic rings. The van der Waals surface area contributed by atoms with Crippen LogP contribution in [0.3, 0.4) is 0 Å². The van der Waals surface area contributed by atoms with Crippen LogP contribution in [0.2, 0.25) is 5.02 Å². The molecule has 9 heteroatoms. The molecule has 0 fully saturated rings. The van der Waals surface area contributed by atoms with Crippen molar-refractivity contribution in [2.45, 2.75) is 57.6 Å². The number of aryl methyl sites for hydroxylation is 2. The minimum atomic E-state index is -4.19. The van der Waals surface area contributed by atoms with Gasteiger partial charge in [-0.3, -0.25) is 13.9 Å². The first-order valence-electron chi connectivity index (χ1n) is 14.5. The first-order valence-corrected chi connectivity index (χ1v) is 16.3. The van der Waals surface area contributed by atoms with E-state index < -0.39 is 28.5 Å². The monoisotopic (exact) mass is 631 g/mol. The van der Waals surface area contributed by atoms with E-state index in [0.717, 1.165) is 26.6 Å². The Kier molecular flexibility index (Phi) is 10.8. The van der Waals surface area contributed by atoms with E-state index in [1.54, 1.807) is 18.2 Å². The standard InChI is InChI=1S/C35H38ClN3O4S/c1-25(2)37-35(41)33(22-28-12-6-5-7-13-28)38(23-29-14-8-10-26(3)20-29)34(40)24-39(31-15-9-11-27(4)21-31)44(42,43)32-18-16-30(36)17-19-32/h5-21,25,33H,22-24H2,1-4H3,(H,37,41)/t33-/m1/s1. The summed E-state index contributed by atoms with van der Waals surface area (Å²) in [5, 5.41) is 3.37. The molecule has 4 aromatic carbocycles. The summed E-state index contributed by atoms with van der Waals surface area (Å²) in [6.07, 6.45) is 0.255. The number of nitrogens with zero attached hydrogens (tertiary/aromatic N) is 2. The molecule has 0 unspecified atom stereocenters. The van der Waals surface area contributed by atoms with Gasteiger partial charge in [-0.15, -0.1) is 0 Å². The highest BCUT2D eigenvalue weighted by Gasteiger charge is 2.34. The predicted octanol–water partition coefficient (Wildman–Crippen LogP) is 6.32. The van der Waals surface area contributed by atoms with Gasteiger partial charge in [0.25, 0.3) is 10.0 Å². The lowest BCUT2D eigenvalue weighted by molar-refractivity contribution is -0.140. The molecule has 44 heavy (non-hydrogen) atoms. The largest absolute Gasteiger partial charge is 0.352 e. The molecule has 0 heterocycles. The second kappa shape index (κ2) is 14.6. The number of nitrogens with one attached hydrogen (secondary N) is 1. The minimum absolute atomic E-state index is 0.000160. The van der Waals surface area contributed by atoms with E-state index in [0.29, 0.717) is 10.7 Å². The van der Waals surface area contributed by atoms with E-state index in [-0.39, 0.29) is 29.8 Å². The van der Waals surface area contributed by atoms with Crippen LogP contribution >= 0.6 is 11.6 Å². The molecule has 1 N–H and O–H groups in total. The molecule has 7 nitrogen and oxygen atoms in total. The van der Waals surface area contributed by atoms with Crippen LogP contribution in [0.4, 0.5) is 5.69 Å². The molecular weight excluding hydrogens is 594 g/mol. The number of halogens is 1. The van der Waals surface area contributed by atoms with Crippen molar-refractivity contribution < 1.29 is 18.0 Å². The summed E-state index contributed by atoms with van der Waals surface area (Å²) in [7, 11) is -4.19. The summed E-state index contributed by atoms with van der Waals surface area (Å²) < 4.78 is 29.3. The number of rotatable bonds is 12. The molecule has 4 rings (SSSR count). The molecule has 0 saturated carbocycles. The SMILES string of the molecule is Cc1cccc(CN(C(=O)CN(c2cccc(C)c2)S(=O)(=O)c2ccc(Cl)cc2)[C@H](Cc2ccccc2)C(=O)NC(C)C)c1. The molecule has 0 aliphatic rings. The molecule has 0 spiro atoms. The van der Waals surface area contributed by atoms with Crippen LogP contribution in [0.15, 0.2) is 108 Å². The third-order valence-corrected chi connectivity index (χ3v) is 9.15. The van der Waals surface area contributed by atoms with Gasteiger partial charge in [0, 0.05) is 24.0 Å². The van der Waals surface area contributed by atoms with Crippen LogP contribution in [0, 0.1) is 13.8 Å². The fourth-order valence-corrected chi connectivity index (χ4v) is 6.52. The molecule has 0 bridgehead atoms. The van der Waals surface area contributed by atoms with E-state index in [4.69, 9.17) is 11.6 Å². The van der Waals surface area contributed by atoms with Crippen LogP contribution < -0.4 is 9.62 Å². The van der Waals surface area contributed by atoms with Gasteiger partial charge in [-0.1, -0.05) is 83.9 Å². The van der Waals surface area contributed by atoms with E-state index in [9.17, 15) is 18.0 Å². The van der Waals surface area contributed by atoms with Gasteiger partial charge in [0.15, 0.2) is 0 Å². The Morgan fingerprint density at radius 2 is 1.41 bits per heavy atom. The Balaban J connectivity index is 1.81. The summed E-state index contributed by atoms with van der Waals surface area (Å²) in [6, 6.07) is 29.0. The van der Waals surface area contributed by atoms with Crippen molar-refractivity contribution in [3.63, 3.8) is 0 Å². The number of hydrogen-bond donors (Lipinski definition) is 1. The van der Waals surface area contributed by atoms with Crippen molar-refractivity contribution in [1.29, 1.82) is 0 Å². The van der Waals surface area contributed by atoms with E-state index in [1.165, 1.54) is 29.2 Å². The van der Waals surface area contributed by atoms with Crippen LogP contribution in [0.1, 0.15) is 36.1 Å². The number of benzene rings is 4. The van der Waals surface area contributed by atoms with Crippen molar-refractivity contribution in [2.24, 2.45) is 0 Å². The zero-order valence-electron chi connectivity index (χ0n) is 25.4. The predicted molar refractivity (Wildman–Crippen MR) is 176 cm³/mol. The van der Waals surface area contributed by atoms with Crippen LogP contribution in [-0.2, 0) is 32.6 Å². The third-order valence-electron chi connectivity index (χ3n) is 7.11. The average Bonchev–Trinajstić information content (AvgIpc) is 2.98. The maximum atomic E-state index is 14.5. The highest BCUT2D eigenvalue weighted by molar-refractivity contribution is 7.92. The van der Waals surface area contributed by atoms with Gasteiger partial charge in [-0.25, -0.2) is 8.42 Å². The maximum Gasteiger partial charge on any atom is 0.264 e. The lowest BCUT2D eigenvalue weighted by Crippen LogP contribution is -2.54. The number of sulfonamides is 1. The number of anilines is 1. The second-order valence-corrected chi connectivity index (χ2v) is 13.5. The van der Waals surface area contributed by atoms with Crippen molar-refractivity contribution in [3.05, 3.63) is 130 Å². The molecule has 0 saturated heterocycles. The summed E-state index contributed by atoms with van der Waals surface area (Å²) in [5.74, 6) is -0.821. The van der Waals surface area contributed by atoms with Gasteiger partial charge >= 0.3 is 0 Å². The highest BCUT2D eigenvalue weighted by atomic mass is 35.5. The molecule has 0 aliphatic carbocycles. The van der Waals surface area contributed by atoms with Gasteiger partial charge in [0.1, 0.15) is 12.6 Å². The zero-order chi connectivity index (χ0) is 31.9. The Labute approximate surface area is 265 Å². The molecule has 0 aromatic heterocycles. The van der Waals surface area contributed by atoms with Crippen molar-refractivity contribution in [1.82, 2.24) is 10.2 Å². The molecule has 2 amide bonds. The fraction of sp³-hybridized carbons (Fsp3) is 0.257. The summed E-state index contributed by atoms with van der Waals surface area (Å²) in [6.45, 7) is 7.15. The van der Waals surface area contributed by atoms with Crippen molar-refractivity contribution in [2.75, 3.05) is 10.8 Å². The van der Waals surface area contributed by atoms with Gasteiger partial charge in [-0.05, 0) is 80.8 Å². The summed E-state index contributed by atoms with van der Waals surface area (Å²) >= 11 is 6.05. The van der Waals surface area contributed by atoms with E-state index >= 15 is 0 Å². The number of amides is 2. The zero-order valence-corrected chi connectivity index (χ0v) is 27.0. The highest BCUT2D eigenvalue weighted by Crippen LogP contribution is 2.27. The van der Waals surface area contributed by atoms with Crippen molar-refractivity contribution in [3.8, 4) is 0 Å². The second-order valence-electron chi connectivity index (χ2n) is 11.2. The molecule has 1 atom stereocenters. The average molecular weight is 632 g/mol. The normalized spacial score (nSPS) is 12.0. The summed E-state index contributed by atoms with van der Waals surface area (Å²) in [5.41, 5.74) is 3.89. The van der Waals surface area contributed by atoms with Crippen molar-refractivity contribution >= 4 is 39.1 Å². The molecule has 0 aliphatic heterocycles. The van der Waals surface area contributed by atoms with Gasteiger partial charge in [0.05, 0.1) is 10.6 Å². The van der Waals surface area contributed by atoms with Crippen LogP contribution in [-0.4, -0.2) is 43.8 Å². The quantitative estimate of drug-likeness (QED) is 0.198. The Morgan fingerprint density at radius 1 is 0.795 bits per heavy atom. The topological polar surface area (TPSA) is 86.8 Å². The van der Waals surface area contributed by atoms with Crippen LogP contribution in [0.25, 0.3) is 0 Å². The molecular formula is C35H38ClN3O4S. The van der Waals surface area contributed by atoms with Gasteiger partial charge in [0.2, 0.25) is 11.8 Å². The first-order chi connectivity index (χ1) is 20.9. The van der Waals surface area contributed by atoms with Gasteiger partial charge < -0.3 is 10.2 Å². The van der Waals surface area contributed by atoms with E-state index in [1.807, 2.05) is 88.4 Å². The Hall–Kier alpha value is -4.14. The first kappa shape index (κ1) is 32.8. The van der Waals surface area contributed by atoms with E-state index in [2.05, 4.69) is 5.32 Å². The number of carbonyl (C=O) groups excluding carboxylic acids is 2. The fourth-order valence-electron chi connectivity index (χ4n) is 4.99. The Bertz CT molecular complexity index is 1690. The number of carbonyl (C=O) groups is 2. The lowest BCUT2D eigenvalue weighted by atomic mass is 10.0. The molecule has 230 valence electrons. The maximum absolute atomic E-state index is 14.5. The summed E-state index contributed by atoms with van der Waals surface area (Å²) in [4.78, 5) is 29.7. The smallest absolute Gasteiger partial charge is 0.264 e. The van der Waals surface area contributed by atoms with Crippen LogP contribution in [0.5, 0.6) is 0 Å². The van der Waals surface area contributed by atoms with Gasteiger partial charge in [-0.2, -0.15) is 0 Å². The molecule has 0 radical (unpaired) electrons. The Morgan fingerprint density at radius 3 is 2.02 bits per heavy atom. The number of hydrogen-bond acceptors (Lipinski definition) is 4. The lowest BCUT2D eigenvalue weighted by Gasteiger charge is -2.34. The minimum Gasteiger partial charge on any atom is -0.352 e.